The molecule has 1 aromatic carbocycles. The van der Waals surface area contributed by atoms with Gasteiger partial charge < -0.3 is 19.3 Å². The summed E-state index contributed by atoms with van der Waals surface area (Å²) >= 11 is 0. The van der Waals surface area contributed by atoms with Crippen LogP contribution in [0.2, 0.25) is 0 Å². The molecule has 1 saturated carbocycles. The summed E-state index contributed by atoms with van der Waals surface area (Å²) in [5.74, 6) is 3.33. The minimum absolute atomic E-state index is 0.0697. The molecule has 2 aliphatic heterocycles. The number of benzene rings is 1. The second kappa shape index (κ2) is 11.1. The molecule has 37 heavy (non-hydrogen) atoms. The number of aliphatic hydroxyl groups is 1. The van der Waals surface area contributed by atoms with Crippen molar-refractivity contribution in [2.24, 2.45) is 17.3 Å². The monoisotopic (exact) mass is 511 g/mol. The summed E-state index contributed by atoms with van der Waals surface area (Å²) in [4.78, 5) is 18.3. The first kappa shape index (κ1) is 26.1. The second-order valence-electron chi connectivity index (χ2n) is 11.1. The average molecular weight is 512 g/mol. The molecule has 1 aromatic rings. The number of carbonyl (C=O) groups excluding carboxylic acids is 1. The van der Waals surface area contributed by atoms with E-state index in [1.807, 2.05) is 11.1 Å². The van der Waals surface area contributed by atoms with Gasteiger partial charge >= 0.3 is 0 Å². The molecule has 5 rings (SSSR count). The summed E-state index contributed by atoms with van der Waals surface area (Å²) in [5.41, 5.74) is 2.04. The SMILES string of the molecule is COc1ccc(C(=O)CCCCCC2CC[C@@H]3OC4=C5[C@H](C[C@@H](O)C4)CN(OC)C=CC53C2)cc1OC. The molecule has 2 unspecified atom stereocenters. The Balaban J connectivity index is 1.16. The molecule has 7 nitrogen and oxygen atoms in total. The van der Waals surface area contributed by atoms with Crippen LogP contribution in [-0.2, 0) is 9.57 Å². The molecule has 2 heterocycles. The molecule has 0 saturated heterocycles. The minimum atomic E-state index is -0.338. The highest BCUT2D eigenvalue weighted by molar-refractivity contribution is 5.96. The van der Waals surface area contributed by atoms with Gasteiger partial charge in [-0.3, -0.25) is 14.7 Å². The van der Waals surface area contributed by atoms with Gasteiger partial charge in [-0.25, -0.2) is 0 Å². The van der Waals surface area contributed by atoms with E-state index >= 15 is 0 Å². The third kappa shape index (κ3) is 5.13. The van der Waals surface area contributed by atoms with Gasteiger partial charge in [-0.15, -0.1) is 0 Å². The number of rotatable bonds is 10. The summed E-state index contributed by atoms with van der Waals surface area (Å²) in [6.45, 7) is 0.763. The maximum Gasteiger partial charge on any atom is 0.163 e. The quantitative estimate of drug-likeness (QED) is 0.331. The summed E-state index contributed by atoms with van der Waals surface area (Å²) in [6.07, 6.45) is 13.8. The third-order valence-electron chi connectivity index (χ3n) is 8.91. The van der Waals surface area contributed by atoms with Crippen LogP contribution in [0, 0.1) is 17.3 Å². The molecule has 5 atom stereocenters. The van der Waals surface area contributed by atoms with E-state index in [4.69, 9.17) is 19.0 Å². The zero-order valence-electron chi connectivity index (χ0n) is 22.4. The fourth-order valence-corrected chi connectivity index (χ4v) is 7.16. The standard InChI is InChI=1S/C30H41NO6/c1-34-25-11-10-21(16-26(25)35-2)24(33)8-6-4-5-7-20-9-12-28-30(18-20)13-14-31(36-3)19-22-15-23(32)17-27(37-28)29(22)30/h10-11,13-14,16,20,22-23,28,32H,4-9,12,15,17-19H2,1-3H3/t20?,22-,23-,28+,30?/m1/s1. The Morgan fingerprint density at radius 2 is 1.97 bits per heavy atom. The Hall–Kier alpha value is -2.51. The lowest BCUT2D eigenvalue weighted by molar-refractivity contribution is -0.0967. The van der Waals surface area contributed by atoms with E-state index in [0.29, 0.717) is 35.8 Å². The predicted molar refractivity (Wildman–Crippen MR) is 140 cm³/mol. The Labute approximate surface area is 220 Å². The first-order valence-corrected chi connectivity index (χ1v) is 13.8. The van der Waals surface area contributed by atoms with E-state index < -0.39 is 0 Å². The predicted octanol–water partition coefficient (Wildman–Crippen LogP) is 5.44. The van der Waals surface area contributed by atoms with Gasteiger partial charge in [-0.1, -0.05) is 25.3 Å². The Morgan fingerprint density at radius 3 is 2.76 bits per heavy atom. The van der Waals surface area contributed by atoms with Crippen molar-refractivity contribution in [1.29, 1.82) is 0 Å². The second-order valence-corrected chi connectivity index (χ2v) is 11.1. The highest BCUT2D eigenvalue weighted by Crippen LogP contribution is 2.59. The van der Waals surface area contributed by atoms with Crippen molar-refractivity contribution < 1.29 is 28.9 Å². The van der Waals surface area contributed by atoms with Gasteiger partial charge in [0.1, 0.15) is 6.10 Å². The number of Topliss-reactive ketones (excluding diaryl/α,β-unsaturated/α-hetero) is 1. The maximum atomic E-state index is 12.7. The Morgan fingerprint density at radius 1 is 1.14 bits per heavy atom. The number of hydrogen-bond donors (Lipinski definition) is 1. The smallest absolute Gasteiger partial charge is 0.163 e. The van der Waals surface area contributed by atoms with Crippen LogP contribution in [0.25, 0.3) is 0 Å². The Bertz CT molecular complexity index is 1050. The van der Waals surface area contributed by atoms with Crippen LogP contribution >= 0.6 is 0 Å². The van der Waals surface area contributed by atoms with Gasteiger partial charge in [0.05, 0.1) is 45.2 Å². The average Bonchev–Trinajstić information content (AvgIpc) is 3.14. The number of ether oxygens (including phenoxy) is 3. The highest BCUT2D eigenvalue weighted by atomic mass is 16.7. The van der Waals surface area contributed by atoms with Gasteiger partial charge in [0.15, 0.2) is 17.3 Å². The lowest BCUT2D eigenvalue weighted by Crippen LogP contribution is -2.41. The van der Waals surface area contributed by atoms with E-state index in [2.05, 4.69) is 12.3 Å². The molecular weight excluding hydrogens is 470 g/mol. The Kier molecular flexibility index (Phi) is 7.82. The molecule has 7 heteroatoms. The molecule has 1 fully saturated rings. The first-order valence-electron chi connectivity index (χ1n) is 13.8. The molecule has 0 amide bonds. The van der Waals surface area contributed by atoms with Gasteiger partial charge in [0, 0.05) is 30.5 Å². The van der Waals surface area contributed by atoms with E-state index in [0.717, 1.165) is 50.8 Å². The molecule has 2 aliphatic carbocycles. The zero-order chi connectivity index (χ0) is 26.0. The third-order valence-corrected chi connectivity index (χ3v) is 8.91. The summed E-state index contributed by atoms with van der Waals surface area (Å²) in [5, 5.41) is 12.4. The van der Waals surface area contributed by atoms with Crippen LogP contribution in [0.4, 0.5) is 0 Å². The number of carbonyl (C=O) groups is 1. The van der Waals surface area contributed by atoms with Crippen molar-refractivity contribution >= 4 is 5.78 Å². The molecule has 0 bridgehead atoms. The number of unbranched alkanes of at least 4 members (excludes halogenated alkanes) is 2. The van der Waals surface area contributed by atoms with E-state index in [1.54, 1.807) is 33.5 Å². The van der Waals surface area contributed by atoms with Crippen LogP contribution in [0.5, 0.6) is 11.5 Å². The molecule has 4 aliphatic rings. The lowest BCUT2D eigenvalue weighted by atomic mass is 9.60. The molecule has 0 aromatic heterocycles. The van der Waals surface area contributed by atoms with Gasteiger partial charge in [0.25, 0.3) is 0 Å². The van der Waals surface area contributed by atoms with Crippen LogP contribution in [-0.4, -0.2) is 56.0 Å². The van der Waals surface area contributed by atoms with Crippen LogP contribution in [0.1, 0.15) is 74.6 Å². The van der Waals surface area contributed by atoms with Crippen molar-refractivity contribution in [2.75, 3.05) is 27.9 Å². The normalized spacial score (nSPS) is 30.3. The summed E-state index contributed by atoms with van der Waals surface area (Å²) in [7, 11) is 4.90. The van der Waals surface area contributed by atoms with Gasteiger partial charge in [0.2, 0.25) is 0 Å². The summed E-state index contributed by atoms with van der Waals surface area (Å²) < 4.78 is 17.1. The molecule has 1 spiro atoms. The zero-order valence-corrected chi connectivity index (χ0v) is 22.4. The van der Waals surface area contributed by atoms with Crippen molar-refractivity contribution in [2.45, 2.75) is 76.4 Å². The maximum absolute atomic E-state index is 12.7. The largest absolute Gasteiger partial charge is 0.493 e. The van der Waals surface area contributed by atoms with Crippen LogP contribution < -0.4 is 9.47 Å². The fraction of sp³-hybridized carbons (Fsp3) is 0.633. The number of hydrogen-bond acceptors (Lipinski definition) is 7. The van der Waals surface area contributed by atoms with Gasteiger partial charge in [-0.2, -0.15) is 0 Å². The van der Waals surface area contributed by atoms with Gasteiger partial charge in [-0.05, 0) is 61.8 Å². The molecule has 202 valence electrons. The van der Waals surface area contributed by atoms with E-state index in [1.165, 1.54) is 18.4 Å². The van der Waals surface area contributed by atoms with Crippen molar-refractivity contribution in [3.63, 3.8) is 0 Å². The van der Waals surface area contributed by atoms with Crippen molar-refractivity contribution in [1.82, 2.24) is 5.06 Å². The topological polar surface area (TPSA) is 77.5 Å². The number of methoxy groups -OCH3 is 2. The van der Waals surface area contributed by atoms with Crippen molar-refractivity contribution in [3.8, 4) is 11.5 Å². The number of aliphatic hydroxyl groups excluding tert-OH is 1. The van der Waals surface area contributed by atoms with Crippen LogP contribution in [0.15, 0.2) is 41.8 Å². The lowest BCUT2D eigenvalue weighted by Gasteiger charge is -2.42. The van der Waals surface area contributed by atoms with Crippen LogP contribution in [0.3, 0.4) is 0 Å². The fourth-order valence-electron chi connectivity index (χ4n) is 7.16. The minimum Gasteiger partial charge on any atom is -0.493 e. The van der Waals surface area contributed by atoms with E-state index in [-0.39, 0.29) is 29.3 Å². The summed E-state index contributed by atoms with van der Waals surface area (Å²) in [6, 6.07) is 5.38. The molecule has 0 radical (unpaired) electrons. The van der Waals surface area contributed by atoms with Crippen molar-refractivity contribution in [3.05, 3.63) is 47.4 Å². The number of hydroxylamine groups is 2. The number of nitrogens with zero attached hydrogens (tertiary/aromatic N) is 1. The molecule has 1 N–H and O–H groups in total. The first-order chi connectivity index (χ1) is 18.0. The molecular formula is C30H41NO6. The van der Waals surface area contributed by atoms with E-state index in [9.17, 15) is 9.90 Å². The highest BCUT2D eigenvalue weighted by Gasteiger charge is 2.56. The number of ketones is 1.